The first-order chi connectivity index (χ1) is 11.0. The molecule has 0 aliphatic carbocycles. The third-order valence-electron chi connectivity index (χ3n) is 2.99. The van der Waals surface area contributed by atoms with Crippen LogP contribution < -0.4 is 10.3 Å². The quantitative estimate of drug-likeness (QED) is 0.345. The molecule has 0 saturated carbocycles. The van der Waals surface area contributed by atoms with Gasteiger partial charge in [0.15, 0.2) is 0 Å². The molecule has 1 aromatic heterocycles. The minimum absolute atomic E-state index is 0. The first-order valence-corrected chi connectivity index (χ1v) is 7.83. The summed E-state index contributed by atoms with van der Waals surface area (Å²) in [7, 11) is 0. The van der Waals surface area contributed by atoms with Gasteiger partial charge in [-0.25, -0.2) is 8.78 Å². The molecule has 0 bridgehead atoms. The molecule has 3 nitrogen and oxygen atoms in total. The Morgan fingerprint density at radius 2 is 2.00 bits per heavy atom. The standard InChI is InChI=1S/C17H13F2INO2.Y/c1-2-3-10-23-13-6-4-12(5-7-13)15-9-8-14(20)17(22)21(15)11-16(18)19;/h4-8,16H,10-11H2,1H3;/q-1;. The van der Waals surface area contributed by atoms with E-state index in [1.165, 1.54) is 6.07 Å². The Bertz CT molecular complexity index is 795. The van der Waals surface area contributed by atoms with Crippen LogP contribution in [0.3, 0.4) is 0 Å². The van der Waals surface area contributed by atoms with Gasteiger partial charge in [-0.2, -0.15) is 12.1 Å². The number of hydrogen-bond acceptors (Lipinski definition) is 2. The Kier molecular flexibility index (Phi) is 9.10. The molecular weight excluding hydrogens is 504 g/mol. The van der Waals surface area contributed by atoms with E-state index in [0.29, 0.717) is 20.6 Å². The van der Waals surface area contributed by atoms with Crippen LogP contribution in [0, 0.1) is 21.5 Å². The van der Waals surface area contributed by atoms with Crippen LogP contribution in [0.2, 0.25) is 0 Å². The summed E-state index contributed by atoms with van der Waals surface area (Å²) in [6, 6.07) is 11.2. The van der Waals surface area contributed by atoms with Gasteiger partial charge in [0.25, 0.3) is 6.43 Å². The maximum atomic E-state index is 12.8. The van der Waals surface area contributed by atoms with Gasteiger partial charge in [-0.3, -0.25) is 4.79 Å². The van der Waals surface area contributed by atoms with Crippen molar-refractivity contribution in [3.8, 4) is 28.8 Å². The molecule has 1 radical (unpaired) electrons. The number of benzene rings is 1. The molecule has 0 aliphatic rings. The zero-order valence-electron chi connectivity index (χ0n) is 12.9. The predicted molar refractivity (Wildman–Crippen MR) is 92.6 cm³/mol. The second-order valence-corrected chi connectivity index (χ2v) is 5.69. The Morgan fingerprint density at radius 3 is 2.58 bits per heavy atom. The first-order valence-electron chi connectivity index (χ1n) is 6.75. The Balaban J connectivity index is 0.00000288. The second-order valence-electron chi connectivity index (χ2n) is 4.53. The third kappa shape index (κ3) is 5.64. The molecule has 0 aliphatic heterocycles. The number of nitrogens with zero attached hydrogens (tertiary/aromatic N) is 1. The van der Waals surface area contributed by atoms with Crippen LogP contribution in [0.1, 0.15) is 6.92 Å². The Labute approximate surface area is 177 Å². The second kappa shape index (κ2) is 10.3. The molecule has 0 spiro atoms. The molecule has 2 aromatic rings. The van der Waals surface area contributed by atoms with Crippen molar-refractivity contribution in [2.24, 2.45) is 0 Å². The average molecular weight is 517 g/mol. The molecule has 1 aromatic carbocycles. The van der Waals surface area contributed by atoms with E-state index in [2.05, 4.69) is 17.9 Å². The summed E-state index contributed by atoms with van der Waals surface area (Å²) in [6.45, 7) is 1.34. The van der Waals surface area contributed by atoms with Gasteiger partial charge in [-0.15, -0.1) is 40.6 Å². The Hall–Kier alpha value is -0.776. The topological polar surface area (TPSA) is 31.2 Å². The van der Waals surface area contributed by atoms with Gasteiger partial charge in [0.05, 0.1) is 6.54 Å². The van der Waals surface area contributed by atoms with Crippen LogP contribution in [0.25, 0.3) is 11.3 Å². The number of hydrogen-bond donors (Lipinski definition) is 0. The van der Waals surface area contributed by atoms with E-state index in [-0.39, 0.29) is 39.3 Å². The summed E-state index contributed by atoms with van der Waals surface area (Å²) in [5.74, 6) is 6.12. The fraction of sp³-hybridized carbons (Fsp3) is 0.235. The van der Waals surface area contributed by atoms with Crippen molar-refractivity contribution in [1.82, 2.24) is 4.57 Å². The van der Waals surface area contributed by atoms with Crippen LogP contribution in [-0.2, 0) is 39.3 Å². The molecule has 0 atom stereocenters. The van der Waals surface area contributed by atoms with Crippen LogP contribution in [0.15, 0.2) is 35.1 Å². The van der Waals surface area contributed by atoms with Crippen molar-refractivity contribution in [1.29, 1.82) is 0 Å². The maximum absolute atomic E-state index is 12.8. The molecule has 2 rings (SSSR count). The summed E-state index contributed by atoms with van der Waals surface area (Å²) < 4.78 is 32.3. The molecule has 24 heavy (non-hydrogen) atoms. The van der Waals surface area contributed by atoms with Gasteiger partial charge in [0.1, 0.15) is 12.4 Å². The van der Waals surface area contributed by atoms with Gasteiger partial charge in [-0.05, 0) is 22.6 Å². The Morgan fingerprint density at radius 1 is 1.33 bits per heavy atom. The van der Waals surface area contributed by atoms with E-state index in [1.54, 1.807) is 31.2 Å². The number of rotatable bonds is 5. The molecule has 0 saturated heterocycles. The minimum Gasteiger partial charge on any atom is -0.481 e. The summed E-state index contributed by atoms with van der Waals surface area (Å²) in [5, 5.41) is 0. The van der Waals surface area contributed by atoms with E-state index < -0.39 is 18.5 Å². The first kappa shape index (κ1) is 21.3. The molecule has 123 valence electrons. The van der Waals surface area contributed by atoms with Gasteiger partial charge in [0, 0.05) is 32.7 Å². The summed E-state index contributed by atoms with van der Waals surface area (Å²) >= 11 is 1.81. The molecular formula is C17H13F2INO2Y-. The number of ether oxygens (including phenoxy) is 1. The molecule has 0 amide bonds. The van der Waals surface area contributed by atoms with Crippen molar-refractivity contribution in [2.45, 2.75) is 19.9 Å². The maximum Gasteiger partial charge on any atom is 0.256 e. The van der Waals surface area contributed by atoms with Crippen molar-refractivity contribution >= 4 is 22.6 Å². The molecule has 0 N–H and O–H groups in total. The van der Waals surface area contributed by atoms with Crippen LogP contribution in [0.4, 0.5) is 8.78 Å². The normalized spacial score (nSPS) is 9.88. The largest absolute Gasteiger partial charge is 0.481 e. The number of aromatic nitrogens is 1. The van der Waals surface area contributed by atoms with E-state index in [0.717, 1.165) is 4.57 Å². The zero-order chi connectivity index (χ0) is 16.8. The monoisotopic (exact) mass is 517 g/mol. The summed E-state index contributed by atoms with van der Waals surface area (Å²) in [6.07, 6.45) is -2.62. The van der Waals surface area contributed by atoms with E-state index in [4.69, 9.17) is 4.74 Å². The number of halogens is 3. The number of alkyl halides is 2. The zero-order valence-corrected chi connectivity index (χ0v) is 17.8. The van der Waals surface area contributed by atoms with E-state index in [1.807, 2.05) is 22.6 Å². The smallest absolute Gasteiger partial charge is 0.256 e. The molecule has 1 heterocycles. The van der Waals surface area contributed by atoms with Gasteiger partial charge in [-0.1, -0.05) is 17.2 Å². The number of pyridine rings is 1. The fourth-order valence-electron chi connectivity index (χ4n) is 1.95. The molecule has 0 unspecified atom stereocenters. The van der Waals surface area contributed by atoms with E-state index in [9.17, 15) is 13.6 Å². The third-order valence-corrected chi connectivity index (χ3v) is 3.76. The van der Waals surface area contributed by atoms with E-state index >= 15 is 0 Å². The van der Waals surface area contributed by atoms with Crippen molar-refractivity contribution in [3.05, 3.63) is 50.3 Å². The van der Waals surface area contributed by atoms with Gasteiger partial charge in [0.2, 0.25) is 5.56 Å². The fourth-order valence-corrected chi connectivity index (χ4v) is 2.40. The van der Waals surface area contributed by atoms with Gasteiger partial charge < -0.3 is 9.30 Å². The van der Waals surface area contributed by atoms with Crippen LogP contribution in [0.5, 0.6) is 5.75 Å². The SMILES string of the molecule is CC#CCOc1ccc(-c2[c-]cc(I)c(=O)n2CC(F)F)cc1.[Y]. The van der Waals surface area contributed by atoms with Crippen LogP contribution >= 0.6 is 22.6 Å². The van der Waals surface area contributed by atoms with Crippen LogP contribution in [-0.4, -0.2) is 17.6 Å². The van der Waals surface area contributed by atoms with Crippen molar-refractivity contribution in [2.75, 3.05) is 6.61 Å². The predicted octanol–water partition coefficient (Wildman–Crippen LogP) is 3.58. The summed E-state index contributed by atoms with van der Waals surface area (Å²) in [4.78, 5) is 12.1. The van der Waals surface area contributed by atoms with Crippen molar-refractivity contribution < 1.29 is 46.2 Å². The van der Waals surface area contributed by atoms with Gasteiger partial charge >= 0.3 is 0 Å². The molecule has 0 fully saturated rings. The minimum atomic E-state index is -2.62. The summed E-state index contributed by atoms with van der Waals surface area (Å²) in [5.41, 5.74) is 0.502. The molecule has 7 heteroatoms. The average Bonchev–Trinajstić information content (AvgIpc) is 2.53. The van der Waals surface area contributed by atoms with Crippen molar-refractivity contribution in [3.63, 3.8) is 0 Å².